The molecule has 36 heavy (non-hydrogen) atoms. The molecule has 2 N–H and O–H groups in total. The standard InChI is InChI=1S/C28H31FN4O3/c1-19-11-13-20(14-12-19)26(27(36)32-28(2,3)4)33(22-9-7-8-21(29)18-22)25(35)16-15-24(34)31-23-10-5-6-17-30-23/h5-14,17-18,26H,15-16H2,1-4H3,(H,32,36)(H,30,31,34)/t26-/m0/s1. The van der Waals surface area contributed by atoms with Gasteiger partial charge in [0.1, 0.15) is 17.7 Å². The lowest BCUT2D eigenvalue weighted by molar-refractivity contribution is -0.128. The topological polar surface area (TPSA) is 91.4 Å². The Balaban J connectivity index is 1.95. The third kappa shape index (κ3) is 7.46. The molecule has 0 unspecified atom stereocenters. The summed E-state index contributed by atoms with van der Waals surface area (Å²) in [6.45, 7) is 7.44. The first-order valence-electron chi connectivity index (χ1n) is 11.7. The molecule has 7 nitrogen and oxygen atoms in total. The molecule has 0 aliphatic carbocycles. The van der Waals surface area contributed by atoms with Crippen molar-refractivity contribution >= 4 is 29.2 Å². The van der Waals surface area contributed by atoms with Crippen molar-refractivity contribution < 1.29 is 18.8 Å². The van der Waals surface area contributed by atoms with Crippen molar-refractivity contribution in [3.63, 3.8) is 0 Å². The first-order chi connectivity index (χ1) is 17.0. The van der Waals surface area contributed by atoms with Gasteiger partial charge in [0.05, 0.1) is 0 Å². The summed E-state index contributed by atoms with van der Waals surface area (Å²) in [7, 11) is 0. The molecule has 3 aromatic rings. The minimum absolute atomic E-state index is 0.136. The molecule has 1 atom stereocenters. The van der Waals surface area contributed by atoms with E-state index in [-0.39, 0.29) is 18.5 Å². The van der Waals surface area contributed by atoms with Gasteiger partial charge in [-0.15, -0.1) is 0 Å². The molecule has 0 aliphatic rings. The van der Waals surface area contributed by atoms with Gasteiger partial charge in [0.25, 0.3) is 0 Å². The third-order valence-corrected chi connectivity index (χ3v) is 5.25. The van der Waals surface area contributed by atoms with Crippen molar-refractivity contribution in [2.75, 3.05) is 10.2 Å². The molecule has 0 saturated carbocycles. The number of hydrogen-bond acceptors (Lipinski definition) is 4. The monoisotopic (exact) mass is 490 g/mol. The number of carbonyl (C=O) groups excluding carboxylic acids is 3. The van der Waals surface area contributed by atoms with E-state index in [2.05, 4.69) is 15.6 Å². The van der Waals surface area contributed by atoms with Crippen LogP contribution in [0.25, 0.3) is 0 Å². The van der Waals surface area contributed by atoms with Gasteiger partial charge in [-0.2, -0.15) is 0 Å². The molecule has 1 aromatic heterocycles. The van der Waals surface area contributed by atoms with Gasteiger partial charge in [-0.3, -0.25) is 19.3 Å². The molecule has 8 heteroatoms. The molecule has 0 saturated heterocycles. The summed E-state index contributed by atoms with van der Waals surface area (Å²) in [6.07, 6.45) is 1.22. The fourth-order valence-corrected chi connectivity index (χ4v) is 3.65. The van der Waals surface area contributed by atoms with Crippen LogP contribution in [0.1, 0.15) is 50.8 Å². The Morgan fingerprint density at radius 2 is 1.69 bits per heavy atom. The fourth-order valence-electron chi connectivity index (χ4n) is 3.65. The molecule has 0 spiro atoms. The van der Waals surface area contributed by atoms with Crippen molar-refractivity contribution in [3.8, 4) is 0 Å². The number of amides is 3. The lowest BCUT2D eigenvalue weighted by Gasteiger charge is -2.34. The minimum atomic E-state index is -1.07. The number of aromatic nitrogens is 1. The van der Waals surface area contributed by atoms with Crippen LogP contribution in [-0.4, -0.2) is 28.2 Å². The maximum Gasteiger partial charge on any atom is 0.248 e. The Hall–Kier alpha value is -4.07. The maximum atomic E-state index is 14.2. The quantitative estimate of drug-likeness (QED) is 0.468. The number of nitrogens with zero attached hydrogens (tertiary/aromatic N) is 2. The third-order valence-electron chi connectivity index (χ3n) is 5.25. The van der Waals surface area contributed by atoms with E-state index in [0.717, 1.165) is 5.56 Å². The van der Waals surface area contributed by atoms with Crippen molar-refractivity contribution in [2.24, 2.45) is 0 Å². The number of rotatable bonds is 8. The van der Waals surface area contributed by atoms with Gasteiger partial charge in [0.2, 0.25) is 17.7 Å². The van der Waals surface area contributed by atoms with Gasteiger partial charge >= 0.3 is 0 Å². The normalized spacial score (nSPS) is 11.9. The van der Waals surface area contributed by atoms with Gasteiger partial charge < -0.3 is 10.6 Å². The highest BCUT2D eigenvalue weighted by atomic mass is 19.1. The van der Waals surface area contributed by atoms with Crippen molar-refractivity contribution in [3.05, 3.63) is 89.9 Å². The van der Waals surface area contributed by atoms with Crippen molar-refractivity contribution in [1.82, 2.24) is 10.3 Å². The first kappa shape index (κ1) is 26.5. The van der Waals surface area contributed by atoms with Gasteiger partial charge in [0.15, 0.2) is 0 Å². The number of anilines is 2. The van der Waals surface area contributed by atoms with E-state index in [0.29, 0.717) is 11.4 Å². The van der Waals surface area contributed by atoms with Gasteiger partial charge in [0, 0.05) is 30.3 Å². The number of hydrogen-bond donors (Lipinski definition) is 2. The van der Waals surface area contributed by atoms with Crippen molar-refractivity contribution in [2.45, 2.75) is 52.1 Å². The molecule has 0 bridgehead atoms. The number of pyridine rings is 1. The van der Waals surface area contributed by atoms with E-state index in [9.17, 15) is 18.8 Å². The Labute approximate surface area is 210 Å². The minimum Gasteiger partial charge on any atom is -0.349 e. The lowest BCUT2D eigenvalue weighted by atomic mass is 9.99. The predicted molar refractivity (Wildman–Crippen MR) is 138 cm³/mol. The summed E-state index contributed by atoms with van der Waals surface area (Å²) in [5.41, 5.74) is 1.21. The van der Waals surface area contributed by atoms with Crippen molar-refractivity contribution in [1.29, 1.82) is 0 Å². The summed E-state index contributed by atoms with van der Waals surface area (Å²) in [4.78, 5) is 44.9. The van der Waals surface area contributed by atoms with Crippen LogP contribution >= 0.6 is 0 Å². The second kappa shape index (κ2) is 11.6. The molecule has 1 heterocycles. The Bertz CT molecular complexity index is 1210. The van der Waals surface area contributed by atoms with Gasteiger partial charge in [-0.05, 0) is 63.6 Å². The summed E-state index contributed by atoms with van der Waals surface area (Å²) >= 11 is 0. The van der Waals surface area contributed by atoms with E-state index in [4.69, 9.17) is 0 Å². The average Bonchev–Trinajstić information content (AvgIpc) is 2.81. The molecule has 0 radical (unpaired) electrons. The second-order valence-corrected chi connectivity index (χ2v) is 9.56. The summed E-state index contributed by atoms with van der Waals surface area (Å²) < 4.78 is 14.2. The molecule has 3 amide bonds. The number of halogens is 1. The SMILES string of the molecule is Cc1ccc([C@@H](C(=O)NC(C)(C)C)N(C(=O)CCC(=O)Nc2ccccn2)c2cccc(F)c2)cc1. The maximum absolute atomic E-state index is 14.2. The fraction of sp³-hybridized carbons (Fsp3) is 0.286. The predicted octanol–water partition coefficient (Wildman–Crippen LogP) is 4.94. The highest BCUT2D eigenvalue weighted by Gasteiger charge is 2.34. The van der Waals surface area contributed by atoms with Crippen LogP contribution in [0, 0.1) is 12.7 Å². The van der Waals surface area contributed by atoms with Crippen LogP contribution in [-0.2, 0) is 14.4 Å². The van der Waals surface area contributed by atoms with Gasteiger partial charge in [-0.25, -0.2) is 9.37 Å². The highest BCUT2D eigenvalue weighted by Crippen LogP contribution is 2.30. The summed E-state index contributed by atoms with van der Waals surface area (Å²) in [5.74, 6) is -1.48. The number of benzene rings is 2. The van der Waals surface area contributed by atoms with Crippen LogP contribution in [0.3, 0.4) is 0 Å². The van der Waals surface area contributed by atoms with Crippen LogP contribution in [0.2, 0.25) is 0 Å². The van der Waals surface area contributed by atoms with E-state index >= 15 is 0 Å². The first-order valence-corrected chi connectivity index (χ1v) is 11.7. The lowest BCUT2D eigenvalue weighted by Crippen LogP contribution is -2.49. The second-order valence-electron chi connectivity index (χ2n) is 9.56. The average molecular weight is 491 g/mol. The number of carbonyl (C=O) groups is 3. The smallest absolute Gasteiger partial charge is 0.248 e. The van der Waals surface area contributed by atoms with Crippen LogP contribution < -0.4 is 15.5 Å². The molecular weight excluding hydrogens is 459 g/mol. The largest absolute Gasteiger partial charge is 0.349 e. The molecule has 2 aromatic carbocycles. The molecule has 0 fully saturated rings. The molecule has 3 rings (SSSR count). The van der Waals surface area contributed by atoms with E-state index < -0.39 is 35.1 Å². The van der Waals surface area contributed by atoms with Crippen LogP contribution in [0.5, 0.6) is 0 Å². The molecular formula is C28H31FN4O3. The Morgan fingerprint density at radius 1 is 0.972 bits per heavy atom. The Kier molecular flexibility index (Phi) is 8.53. The zero-order chi connectivity index (χ0) is 26.3. The zero-order valence-electron chi connectivity index (χ0n) is 20.9. The van der Waals surface area contributed by atoms with E-state index in [1.54, 1.807) is 42.6 Å². The summed E-state index contributed by atoms with van der Waals surface area (Å²) in [6, 6.07) is 16.8. The van der Waals surface area contributed by atoms with E-state index in [1.165, 1.54) is 23.1 Å². The van der Waals surface area contributed by atoms with Crippen LogP contribution in [0.4, 0.5) is 15.9 Å². The Morgan fingerprint density at radius 3 is 2.31 bits per heavy atom. The number of nitrogens with one attached hydrogen (secondary N) is 2. The van der Waals surface area contributed by atoms with E-state index in [1.807, 2.05) is 39.8 Å². The number of aryl methyl sites for hydroxylation is 1. The highest BCUT2D eigenvalue weighted by molar-refractivity contribution is 6.03. The molecule has 188 valence electrons. The van der Waals surface area contributed by atoms with Gasteiger partial charge in [-0.1, -0.05) is 42.0 Å². The summed E-state index contributed by atoms with van der Waals surface area (Å²) in [5, 5.41) is 5.58. The van der Waals surface area contributed by atoms with Crippen LogP contribution in [0.15, 0.2) is 72.9 Å². The zero-order valence-corrected chi connectivity index (χ0v) is 20.9. The molecule has 0 aliphatic heterocycles.